The predicted molar refractivity (Wildman–Crippen MR) is 74.1 cm³/mol. The summed E-state index contributed by atoms with van der Waals surface area (Å²) in [6.07, 6.45) is -1.55. The van der Waals surface area contributed by atoms with E-state index in [0.717, 1.165) is 0 Å². The third kappa shape index (κ3) is 1.85. The minimum absolute atomic E-state index is 0.654. The van der Waals surface area contributed by atoms with Gasteiger partial charge in [-0.3, -0.25) is 0 Å². The Balaban J connectivity index is 2.17. The number of aliphatic hydroxyl groups excluding tert-OH is 2. The van der Waals surface area contributed by atoms with Crippen LogP contribution in [0.25, 0.3) is 0 Å². The number of benzene rings is 2. The second-order valence-corrected chi connectivity index (χ2v) is 4.79. The summed E-state index contributed by atoms with van der Waals surface area (Å²) in [5.41, 5.74) is 2.74. The van der Waals surface area contributed by atoms with Crippen molar-refractivity contribution in [3.63, 3.8) is 0 Å². The second-order valence-electron chi connectivity index (χ2n) is 4.79. The molecule has 0 aliphatic heterocycles. The summed E-state index contributed by atoms with van der Waals surface area (Å²) >= 11 is 0. The van der Waals surface area contributed by atoms with Crippen LogP contribution in [0, 0.1) is 0 Å². The van der Waals surface area contributed by atoms with Gasteiger partial charge >= 0.3 is 0 Å². The van der Waals surface area contributed by atoms with E-state index < -0.39 is 12.2 Å². The van der Waals surface area contributed by atoms with Crippen LogP contribution in [0.15, 0.2) is 36.4 Å². The standard InChI is InChI=1S/C16H16O4/c1-19-9-3-5-11-13(7-9)16(18)14-8-10(20-2)4-6-12(14)15(11)17/h3-8,15-18H,1-2H3. The van der Waals surface area contributed by atoms with Gasteiger partial charge in [0.25, 0.3) is 0 Å². The van der Waals surface area contributed by atoms with Crippen molar-refractivity contribution in [2.24, 2.45) is 0 Å². The van der Waals surface area contributed by atoms with Gasteiger partial charge in [-0.2, -0.15) is 0 Å². The largest absolute Gasteiger partial charge is 0.497 e. The first-order chi connectivity index (χ1) is 9.65. The number of fused-ring (bicyclic) bond motifs is 2. The summed E-state index contributed by atoms with van der Waals surface area (Å²) < 4.78 is 10.4. The van der Waals surface area contributed by atoms with Crippen molar-refractivity contribution in [3.05, 3.63) is 58.7 Å². The summed E-state index contributed by atoms with van der Waals surface area (Å²) in [7, 11) is 3.15. The average Bonchev–Trinajstić information content (AvgIpc) is 2.51. The van der Waals surface area contributed by atoms with Gasteiger partial charge in [-0.1, -0.05) is 12.1 Å². The van der Waals surface area contributed by atoms with Gasteiger partial charge in [0.05, 0.1) is 14.2 Å². The van der Waals surface area contributed by atoms with Crippen LogP contribution >= 0.6 is 0 Å². The van der Waals surface area contributed by atoms with Crippen LogP contribution in [-0.4, -0.2) is 24.4 Å². The first-order valence-electron chi connectivity index (χ1n) is 6.37. The minimum atomic E-state index is -0.798. The predicted octanol–water partition coefficient (Wildman–Crippen LogP) is 2.18. The SMILES string of the molecule is COc1ccc2c(c1)C(O)c1cc(OC)ccc1C2O. The highest BCUT2D eigenvalue weighted by Gasteiger charge is 2.30. The molecule has 0 saturated carbocycles. The molecular weight excluding hydrogens is 256 g/mol. The minimum Gasteiger partial charge on any atom is -0.497 e. The molecule has 0 unspecified atom stereocenters. The molecule has 1 aliphatic carbocycles. The van der Waals surface area contributed by atoms with Gasteiger partial charge in [0.15, 0.2) is 0 Å². The molecule has 4 nitrogen and oxygen atoms in total. The lowest BCUT2D eigenvalue weighted by Crippen LogP contribution is -2.18. The van der Waals surface area contributed by atoms with E-state index in [1.54, 1.807) is 50.6 Å². The third-order valence-corrected chi connectivity index (χ3v) is 3.77. The molecule has 20 heavy (non-hydrogen) atoms. The second kappa shape index (κ2) is 4.81. The molecule has 0 amide bonds. The zero-order valence-corrected chi connectivity index (χ0v) is 11.3. The van der Waals surface area contributed by atoms with Gasteiger partial charge in [-0.05, 0) is 46.5 Å². The molecule has 0 fully saturated rings. The summed E-state index contributed by atoms with van der Waals surface area (Å²) in [6, 6.07) is 10.6. The van der Waals surface area contributed by atoms with E-state index in [0.29, 0.717) is 33.8 Å². The van der Waals surface area contributed by atoms with Gasteiger partial charge in [-0.25, -0.2) is 0 Å². The van der Waals surface area contributed by atoms with Gasteiger partial charge in [0, 0.05) is 0 Å². The highest BCUT2D eigenvalue weighted by molar-refractivity contribution is 5.53. The first-order valence-corrected chi connectivity index (χ1v) is 6.37. The molecule has 0 atom stereocenters. The molecule has 104 valence electrons. The van der Waals surface area contributed by atoms with E-state index >= 15 is 0 Å². The maximum atomic E-state index is 10.5. The Morgan fingerprint density at radius 1 is 0.700 bits per heavy atom. The molecule has 2 aromatic carbocycles. The van der Waals surface area contributed by atoms with Crippen LogP contribution in [0.2, 0.25) is 0 Å². The Kier molecular flexibility index (Phi) is 3.12. The summed E-state index contributed by atoms with van der Waals surface area (Å²) in [5.74, 6) is 1.31. The molecule has 2 N–H and O–H groups in total. The van der Waals surface area contributed by atoms with Crippen molar-refractivity contribution < 1.29 is 19.7 Å². The van der Waals surface area contributed by atoms with Crippen molar-refractivity contribution in [3.8, 4) is 11.5 Å². The summed E-state index contributed by atoms with van der Waals surface area (Å²) in [5, 5.41) is 21.0. The van der Waals surface area contributed by atoms with Crippen LogP contribution in [0.3, 0.4) is 0 Å². The fourth-order valence-electron chi connectivity index (χ4n) is 2.67. The number of methoxy groups -OCH3 is 2. The van der Waals surface area contributed by atoms with Crippen molar-refractivity contribution in [2.75, 3.05) is 14.2 Å². The van der Waals surface area contributed by atoms with E-state index in [2.05, 4.69) is 0 Å². The Bertz CT molecular complexity index is 595. The Morgan fingerprint density at radius 2 is 1.10 bits per heavy atom. The lowest BCUT2D eigenvalue weighted by molar-refractivity contribution is 0.172. The molecule has 0 heterocycles. The van der Waals surface area contributed by atoms with Gasteiger partial charge in [0.2, 0.25) is 0 Å². The van der Waals surface area contributed by atoms with Crippen LogP contribution in [-0.2, 0) is 0 Å². The molecule has 0 radical (unpaired) electrons. The zero-order chi connectivity index (χ0) is 14.3. The van der Waals surface area contributed by atoms with Gasteiger partial charge in [-0.15, -0.1) is 0 Å². The van der Waals surface area contributed by atoms with Crippen molar-refractivity contribution in [2.45, 2.75) is 12.2 Å². The number of rotatable bonds is 2. The Morgan fingerprint density at radius 3 is 1.50 bits per heavy atom. The van der Waals surface area contributed by atoms with E-state index in [1.165, 1.54) is 0 Å². The van der Waals surface area contributed by atoms with E-state index in [4.69, 9.17) is 9.47 Å². The van der Waals surface area contributed by atoms with E-state index in [1.807, 2.05) is 0 Å². The molecule has 0 saturated heterocycles. The van der Waals surface area contributed by atoms with Gasteiger partial charge in [0.1, 0.15) is 23.7 Å². The summed E-state index contributed by atoms with van der Waals surface area (Å²) in [6.45, 7) is 0. The maximum absolute atomic E-state index is 10.5. The zero-order valence-electron chi connectivity index (χ0n) is 11.3. The summed E-state index contributed by atoms with van der Waals surface area (Å²) in [4.78, 5) is 0. The number of hydrogen-bond donors (Lipinski definition) is 2. The Hall–Kier alpha value is -2.04. The van der Waals surface area contributed by atoms with Crippen LogP contribution in [0.1, 0.15) is 34.5 Å². The van der Waals surface area contributed by atoms with Crippen LogP contribution in [0.4, 0.5) is 0 Å². The molecular formula is C16H16O4. The van der Waals surface area contributed by atoms with Crippen LogP contribution in [0.5, 0.6) is 11.5 Å². The lowest BCUT2D eigenvalue weighted by Gasteiger charge is -2.29. The fraction of sp³-hybridized carbons (Fsp3) is 0.250. The number of ether oxygens (including phenoxy) is 2. The normalized spacial score (nSPS) is 20.0. The van der Waals surface area contributed by atoms with Crippen molar-refractivity contribution in [1.82, 2.24) is 0 Å². The van der Waals surface area contributed by atoms with Crippen LogP contribution < -0.4 is 9.47 Å². The molecule has 1 aliphatic rings. The van der Waals surface area contributed by atoms with E-state index in [9.17, 15) is 10.2 Å². The molecule has 0 spiro atoms. The molecule has 2 aromatic rings. The van der Waals surface area contributed by atoms with Crippen molar-refractivity contribution >= 4 is 0 Å². The topological polar surface area (TPSA) is 58.9 Å². The third-order valence-electron chi connectivity index (χ3n) is 3.77. The molecule has 3 rings (SSSR count). The Labute approximate surface area is 117 Å². The van der Waals surface area contributed by atoms with Gasteiger partial charge < -0.3 is 19.7 Å². The first kappa shape index (κ1) is 13.0. The fourth-order valence-corrected chi connectivity index (χ4v) is 2.67. The monoisotopic (exact) mass is 272 g/mol. The highest BCUT2D eigenvalue weighted by atomic mass is 16.5. The number of aliphatic hydroxyl groups is 2. The molecule has 0 aromatic heterocycles. The lowest BCUT2D eigenvalue weighted by atomic mass is 9.82. The maximum Gasteiger partial charge on any atom is 0.119 e. The number of hydrogen-bond acceptors (Lipinski definition) is 4. The van der Waals surface area contributed by atoms with E-state index in [-0.39, 0.29) is 0 Å². The van der Waals surface area contributed by atoms with Crippen molar-refractivity contribution in [1.29, 1.82) is 0 Å². The highest BCUT2D eigenvalue weighted by Crippen LogP contribution is 2.43. The molecule has 4 heteroatoms. The molecule has 0 bridgehead atoms. The smallest absolute Gasteiger partial charge is 0.119 e. The average molecular weight is 272 g/mol. The quantitative estimate of drug-likeness (QED) is 0.879.